The molecule has 0 spiro atoms. The van der Waals surface area contributed by atoms with Crippen LogP contribution in [0.15, 0.2) is 36.1 Å². The number of rotatable bonds is 11. The maximum Gasteiger partial charge on any atom is 0.262 e. The molecule has 148 valence electrons. The van der Waals surface area contributed by atoms with Crippen molar-refractivity contribution in [2.75, 3.05) is 11.9 Å². The SMILES string of the molecule is CCCCCCCCC1(C)SC(=O)C=C1OCC(=O)Nc1ccc(C)cc1. The standard InChI is InChI=1S/C22H31NO3S/c1-4-5-6-7-8-9-14-22(3)19(15-21(25)27-22)26-16-20(24)23-18-12-10-17(2)11-13-18/h10-13,15H,4-9,14,16H2,1-3H3,(H,23,24). The van der Waals surface area contributed by atoms with E-state index in [1.165, 1.54) is 43.9 Å². The van der Waals surface area contributed by atoms with Gasteiger partial charge >= 0.3 is 0 Å². The number of unbranched alkanes of at least 4 members (excludes halogenated alkanes) is 5. The van der Waals surface area contributed by atoms with E-state index in [9.17, 15) is 9.59 Å². The van der Waals surface area contributed by atoms with E-state index in [2.05, 4.69) is 12.2 Å². The molecule has 4 nitrogen and oxygen atoms in total. The summed E-state index contributed by atoms with van der Waals surface area (Å²) in [7, 11) is 0. The number of carbonyl (C=O) groups excluding carboxylic acids is 2. The number of amides is 1. The largest absolute Gasteiger partial charge is 0.486 e. The highest BCUT2D eigenvalue weighted by atomic mass is 32.2. The molecular formula is C22H31NO3S. The molecule has 1 atom stereocenters. The molecule has 1 unspecified atom stereocenters. The molecule has 1 aliphatic heterocycles. The Kier molecular flexibility index (Phi) is 8.42. The van der Waals surface area contributed by atoms with Gasteiger partial charge < -0.3 is 10.1 Å². The Morgan fingerprint density at radius 2 is 1.78 bits per heavy atom. The van der Waals surface area contributed by atoms with E-state index in [0.717, 1.165) is 24.1 Å². The molecular weight excluding hydrogens is 358 g/mol. The third kappa shape index (κ3) is 7.06. The molecule has 0 radical (unpaired) electrons. The monoisotopic (exact) mass is 389 g/mol. The molecule has 1 heterocycles. The molecule has 2 rings (SSSR count). The fourth-order valence-electron chi connectivity index (χ4n) is 3.15. The van der Waals surface area contributed by atoms with Crippen molar-refractivity contribution in [3.63, 3.8) is 0 Å². The fourth-order valence-corrected chi connectivity index (χ4v) is 4.22. The van der Waals surface area contributed by atoms with Crippen molar-refractivity contribution in [1.82, 2.24) is 0 Å². The molecule has 1 aliphatic rings. The Hall–Kier alpha value is -1.75. The van der Waals surface area contributed by atoms with E-state index in [1.807, 2.05) is 38.1 Å². The van der Waals surface area contributed by atoms with Gasteiger partial charge in [0.15, 0.2) is 6.61 Å². The van der Waals surface area contributed by atoms with Gasteiger partial charge in [-0.2, -0.15) is 0 Å². The van der Waals surface area contributed by atoms with Crippen LogP contribution >= 0.6 is 11.8 Å². The van der Waals surface area contributed by atoms with Gasteiger partial charge in [-0.1, -0.05) is 74.9 Å². The first kappa shape index (κ1) is 21.5. The van der Waals surface area contributed by atoms with Crippen LogP contribution in [0.5, 0.6) is 0 Å². The Balaban J connectivity index is 1.80. The molecule has 0 fully saturated rings. The number of nitrogens with one attached hydrogen (secondary N) is 1. The summed E-state index contributed by atoms with van der Waals surface area (Å²) in [6.07, 6.45) is 9.71. The maximum absolute atomic E-state index is 12.2. The van der Waals surface area contributed by atoms with Gasteiger partial charge in [-0.3, -0.25) is 9.59 Å². The minimum Gasteiger partial charge on any atom is -0.486 e. The average molecular weight is 390 g/mol. The third-order valence-corrected chi connectivity index (χ3v) is 5.97. The summed E-state index contributed by atoms with van der Waals surface area (Å²) in [6, 6.07) is 7.62. The van der Waals surface area contributed by atoms with Crippen LogP contribution in [0, 0.1) is 6.92 Å². The zero-order valence-corrected chi connectivity index (χ0v) is 17.5. The normalized spacial score (nSPS) is 19.1. The molecule has 1 N–H and O–H groups in total. The van der Waals surface area contributed by atoms with Gasteiger partial charge in [0.05, 0.1) is 4.75 Å². The van der Waals surface area contributed by atoms with E-state index in [-0.39, 0.29) is 22.4 Å². The highest BCUT2D eigenvalue weighted by molar-refractivity contribution is 8.15. The van der Waals surface area contributed by atoms with Gasteiger partial charge in [-0.05, 0) is 32.4 Å². The quantitative estimate of drug-likeness (QED) is 0.499. The zero-order chi connectivity index (χ0) is 19.7. The van der Waals surface area contributed by atoms with Gasteiger partial charge in [-0.25, -0.2) is 0 Å². The molecule has 0 aliphatic carbocycles. The summed E-state index contributed by atoms with van der Waals surface area (Å²) in [5.74, 6) is 0.413. The number of thioether (sulfide) groups is 1. The molecule has 1 aromatic rings. The number of aryl methyl sites for hydroxylation is 1. The number of carbonyl (C=O) groups is 2. The van der Waals surface area contributed by atoms with Gasteiger partial charge in [0.2, 0.25) is 5.12 Å². The number of hydrogen-bond acceptors (Lipinski definition) is 4. The molecule has 1 amide bonds. The Morgan fingerprint density at radius 3 is 2.48 bits per heavy atom. The summed E-state index contributed by atoms with van der Waals surface area (Å²) in [5, 5.41) is 2.83. The van der Waals surface area contributed by atoms with Crippen LogP contribution < -0.4 is 5.32 Å². The molecule has 0 saturated carbocycles. The van der Waals surface area contributed by atoms with Crippen molar-refractivity contribution in [3.8, 4) is 0 Å². The topological polar surface area (TPSA) is 55.4 Å². The van der Waals surface area contributed by atoms with Gasteiger partial charge in [0.1, 0.15) is 5.76 Å². The second-order valence-electron chi connectivity index (χ2n) is 7.38. The van der Waals surface area contributed by atoms with Gasteiger partial charge in [-0.15, -0.1) is 0 Å². The Labute approximate surface area is 167 Å². The summed E-state index contributed by atoms with van der Waals surface area (Å²) in [6.45, 7) is 6.17. The Morgan fingerprint density at radius 1 is 1.11 bits per heavy atom. The first-order valence-electron chi connectivity index (χ1n) is 9.87. The highest BCUT2D eigenvalue weighted by Gasteiger charge is 2.39. The van der Waals surface area contributed by atoms with Crippen LogP contribution in [0.25, 0.3) is 0 Å². The molecule has 5 heteroatoms. The molecule has 0 aromatic heterocycles. The van der Waals surface area contributed by atoms with Crippen LogP contribution in [0.3, 0.4) is 0 Å². The highest BCUT2D eigenvalue weighted by Crippen LogP contribution is 2.44. The minimum absolute atomic E-state index is 0.0115. The lowest BCUT2D eigenvalue weighted by molar-refractivity contribution is -0.119. The lowest BCUT2D eigenvalue weighted by atomic mass is 9.99. The second-order valence-corrected chi connectivity index (χ2v) is 8.89. The number of benzene rings is 1. The number of hydrogen-bond donors (Lipinski definition) is 1. The summed E-state index contributed by atoms with van der Waals surface area (Å²) >= 11 is 1.31. The van der Waals surface area contributed by atoms with E-state index >= 15 is 0 Å². The Bertz CT molecular complexity index is 669. The zero-order valence-electron chi connectivity index (χ0n) is 16.7. The first-order valence-corrected chi connectivity index (χ1v) is 10.7. The van der Waals surface area contributed by atoms with Crippen molar-refractivity contribution in [2.45, 2.75) is 70.5 Å². The van der Waals surface area contributed by atoms with Crippen molar-refractivity contribution in [3.05, 3.63) is 41.7 Å². The lowest BCUT2D eigenvalue weighted by Gasteiger charge is -2.26. The lowest BCUT2D eigenvalue weighted by Crippen LogP contribution is -2.26. The number of anilines is 1. The third-order valence-electron chi connectivity index (χ3n) is 4.80. The predicted octanol–water partition coefficient (Wildman–Crippen LogP) is 5.62. The average Bonchev–Trinajstić information content (AvgIpc) is 2.92. The van der Waals surface area contributed by atoms with E-state index in [0.29, 0.717) is 5.76 Å². The van der Waals surface area contributed by atoms with Crippen LogP contribution in [0.2, 0.25) is 0 Å². The van der Waals surface area contributed by atoms with Gasteiger partial charge in [0.25, 0.3) is 5.91 Å². The predicted molar refractivity (Wildman–Crippen MR) is 113 cm³/mol. The van der Waals surface area contributed by atoms with Crippen LogP contribution in [-0.2, 0) is 14.3 Å². The van der Waals surface area contributed by atoms with Crippen LogP contribution in [0.1, 0.15) is 64.4 Å². The van der Waals surface area contributed by atoms with Crippen molar-refractivity contribution < 1.29 is 14.3 Å². The summed E-state index contributed by atoms with van der Waals surface area (Å²) < 4.78 is 5.39. The second kappa shape index (κ2) is 10.5. The molecule has 0 saturated heterocycles. The molecule has 0 bridgehead atoms. The smallest absolute Gasteiger partial charge is 0.262 e. The van der Waals surface area contributed by atoms with Crippen molar-refractivity contribution in [2.24, 2.45) is 0 Å². The molecule has 27 heavy (non-hydrogen) atoms. The first-order chi connectivity index (χ1) is 12.9. The summed E-state index contributed by atoms with van der Waals surface area (Å²) in [5.41, 5.74) is 1.89. The van der Waals surface area contributed by atoms with Crippen LogP contribution in [-0.4, -0.2) is 22.4 Å². The molecule has 1 aromatic carbocycles. The minimum atomic E-state index is -0.355. The van der Waals surface area contributed by atoms with E-state index in [4.69, 9.17) is 4.74 Å². The fraction of sp³-hybridized carbons (Fsp3) is 0.545. The van der Waals surface area contributed by atoms with Crippen molar-refractivity contribution in [1.29, 1.82) is 0 Å². The van der Waals surface area contributed by atoms with Crippen LogP contribution in [0.4, 0.5) is 5.69 Å². The van der Waals surface area contributed by atoms with Crippen molar-refractivity contribution >= 4 is 28.5 Å². The maximum atomic E-state index is 12.2. The van der Waals surface area contributed by atoms with E-state index < -0.39 is 0 Å². The van der Waals surface area contributed by atoms with E-state index in [1.54, 1.807) is 6.08 Å². The summed E-state index contributed by atoms with van der Waals surface area (Å²) in [4.78, 5) is 24.1. The van der Waals surface area contributed by atoms with Gasteiger partial charge in [0, 0.05) is 11.8 Å². The number of ether oxygens (including phenoxy) is 1.